The summed E-state index contributed by atoms with van der Waals surface area (Å²) in [6, 6.07) is 20.1. The molecule has 0 unspecified atom stereocenters. The molecule has 8 nitrogen and oxygen atoms in total. The normalized spacial score (nSPS) is 20.9. The van der Waals surface area contributed by atoms with Crippen molar-refractivity contribution in [1.82, 2.24) is 15.5 Å². The molecule has 0 aromatic heterocycles. The average Bonchev–Trinajstić information content (AvgIpc) is 3.60. The molecule has 1 saturated carbocycles. The van der Waals surface area contributed by atoms with E-state index in [1.807, 2.05) is 61.5 Å². The van der Waals surface area contributed by atoms with Crippen molar-refractivity contribution in [2.75, 3.05) is 0 Å². The summed E-state index contributed by atoms with van der Waals surface area (Å²) in [5.41, 5.74) is 3.59. The van der Waals surface area contributed by atoms with E-state index in [4.69, 9.17) is 0 Å². The van der Waals surface area contributed by atoms with E-state index >= 15 is 0 Å². The summed E-state index contributed by atoms with van der Waals surface area (Å²) in [5, 5.41) is 27.5. The summed E-state index contributed by atoms with van der Waals surface area (Å²) in [7, 11) is 0. The van der Waals surface area contributed by atoms with E-state index in [9.17, 15) is 24.6 Å². The number of aromatic hydroxyl groups is 1. The summed E-state index contributed by atoms with van der Waals surface area (Å²) in [6.45, 7) is 3.99. The van der Waals surface area contributed by atoms with Gasteiger partial charge in [0.25, 0.3) is 11.8 Å². The van der Waals surface area contributed by atoms with Gasteiger partial charge in [-0.1, -0.05) is 60.7 Å². The number of nitrogens with one attached hydrogen (secondary N) is 2. The molecular weight excluding hydrogens is 518 g/mol. The Balaban J connectivity index is 1.36. The first-order valence-corrected chi connectivity index (χ1v) is 14.2. The predicted octanol–water partition coefficient (Wildman–Crippen LogP) is 3.41. The molecule has 3 amide bonds. The lowest BCUT2D eigenvalue weighted by Crippen LogP contribution is -2.59. The number of carbonyl (C=O) groups is 3. The molecule has 1 saturated heterocycles. The van der Waals surface area contributed by atoms with Gasteiger partial charge in [-0.15, -0.1) is 0 Å². The first kappa shape index (κ1) is 28.4. The zero-order valence-electron chi connectivity index (χ0n) is 23.4. The van der Waals surface area contributed by atoms with Gasteiger partial charge in [0.2, 0.25) is 5.91 Å². The van der Waals surface area contributed by atoms with Crippen LogP contribution in [0.1, 0.15) is 51.9 Å². The van der Waals surface area contributed by atoms with E-state index < -0.39 is 30.0 Å². The molecule has 0 radical (unpaired) electrons. The number of aliphatic hydroxyl groups excluding tert-OH is 1. The Labute approximate surface area is 240 Å². The smallest absolute Gasteiger partial charge is 0.254 e. The monoisotopic (exact) mass is 555 g/mol. The second kappa shape index (κ2) is 12.1. The molecule has 5 atom stereocenters. The van der Waals surface area contributed by atoms with E-state index in [2.05, 4.69) is 10.6 Å². The molecule has 1 aliphatic carbocycles. The third-order valence-electron chi connectivity index (χ3n) is 8.62. The molecule has 5 rings (SSSR count). The highest BCUT2D eigenvalue weighted by molar-refractivity contribution is 5.97. The highest BCUT2D eigenvalue weighted by Crippen LogP contribution is 2.43. The van der Waals surface area contributed by atoms with E-state index in [0.717, 1.165) is 36.0 Å². The summed E-state index contributed by atoms with van der Waals surface area (Å²) in [4.78, 5) is 42.3. The zero-order chi connectivity index (χ0) is 29.1. The van der Waals surface area contributed by atoms with Crippen LogP contribution < -0.4 is 10.6 Å². The van der Waals surface area contributed by atoms with Crippen molar-refractivity contribution in [2.45, 2.75) is 70.3 Å². The molecule has 1 aliphatic heterocycles. The van der Waals surface area contributed by atoms with Crippen LogP contribution in [0.3, 0.4) is 0 Å². The van der Waals surface area contributed by atoms with Crippen molar-refractivity contribution in [3.8, 4) is 5.75 Å². The molecule has 8 heteroatoms. The van der Waals surface area contributed by atoms with Crippen LogP contribution in [-0.4, -0.2) is 57.1 Å². The van der Waals surface area contributed by atoms with Gasteiger partial charge in [0.1, 0.15) is 11.8 Å². The number of aliphatic hydroxyl groups is 1. The lowest BCUT2D eigenvalue weighted by molar-refractivity contribution is -0.150. The number of hydrogen-bond acceptors (Lipinski definition) is 5. The second-order valence-electron chi connectivity index (χ2n) is 11.2. The Kier molecular flexibility index (Phi) is 8.40. The third kappa shape index (κ3) is 5.98. The summed E-state index contributed by atoms with van der Waals surface area (Å²) in [5.74, 6) is -1.25. The number of piperidine rings is 1. The number of amides is 3. The van der Waals surface area contributed by atoms with Gasteiger partial charge in [-0.2, -0.15) is 0 Å². The number of hydrogen-bond donors (Lipinski definition) is 4. The largest absolute Gasteiger partial charge is 0.508 e. The fraction of sp³-hybridized carbons (Fsp3) is 0.364. The highest BCUT2D eigenvalue weighted by Gasteiger charge is 2.52. The number of phenolic OH excluding ortho intramolecular Hbond substituents is 1. The van der Waals surface area contributed by atoms with Crippen molar-refractivity contribution >= 4 is 17.7 Å². The van der Waals surface area contributed by atoms with Crippen LogP contribution in [0.2, 0.25) is 0 Å². The molecule has 1 heterocycles. The topological polar surface area (TPSA) is 119 Å². The zero-order valence-corrected chi connectivity index (χ0v) is 23.4. The van der Waals surface area contributed by atoms with Gasteiger partial charge in [-0.25, -0.2) is 0 Å². The van der Waals surface area contributed by atoms with E-state index in [1.54, 1.807) is 24.0 Å². The summed E-state index contributed by atoms with van der Waals surface area (Å²) in [6.07, 6.45) is 1.00. The van der Waals surface area contributed by atoms with Gasteiger partial charge >= 0.3 is 0 Å². The minimum atomic E-state index is -1.57. The molecule has 2 bridgehead atoms. The minimum absolute atomic E-state index is 0.0125. The van der Waals surface area contributed by atoms with Crippen molar-refractivity contribution < 1.29 is 24.6 Å². The van der Waals surface area contributed by atoms with Crippen LogP contribution in [0.4, 0.5) is 0 Å². The lowest BCUT2D eigenvalue weighted by Gasteiger charge is -2.37. The Morgan fingerprint density at radius 1 is 0.951 bits per heavy atom. The third-order valence-corrected chi connectivity index (χ3v) is 8.62. The van der Waals surface area contributed by atoms with Crippen LogP contribution in [0.5, 0.6) is 5.75 Å². The molecule has 4 N–H and O–H groups in total. The van der Waals surface area contributed by atoms with Crippen molar-refractivity contribution in [2.24, 2.45) is 5.92 Å². The summed E-state index contributed by atoms with van der Waals surface area (Å²) < 4.78 is 0. The number of rotatable bonds is 9. The van der Waals surface area contributed by atoms with Crippen LogP contribution >= 0.6 is 0 Å². The Morgan fingerprint density at radius 3 is 2.44 bits per heavy atom. The number of phenols is 1. The summed E-state index contributed by atoms with van der Waals surface area (Å²) >= 11 is 0. The number of carbonyl (C=O) groups excluding carboxylic acids is 3. The first-order chi connectivity index (χ1) is 19.7. The number of benzene rings is 3. The standard InChI is InChI=1S/C33H37N3O5/c1-20-9-6-7-12-24(20)19-34-32(40)29-23-15-16-25(18-23)36(29)33(41)30(38)27(17-22-10-4-3-5-11-22)35-31(39)26-13-8-14-28(37)21(26)2/h3-14,23,25,27,29-30,37-38H,15-19H2,1-2H3,(H,34,40)(H,35,39)/t23-,25+,27+,29+,30+/m1/s1. The Morgan fingerprint density at radius 2 is 1.68 bits per heavy atom. The van der Waals surface area contributed by atoms with Gasteiger partial charge in [0, 0.05) is 23.7 Å². The fourth-order valence-electron chi connectivity index (χ4n) is 6.29. The second-order valence-corrected chi connectivity index (χ2v) is 11.2. The van der Waals surface area contributed by atoms with Gasteiger partial charge < -0.3 is 25.7 Å². The van der Waals surface area contributed by atoms with Crippen molar-refractivity contribution in [1.29, 1.82) is 0 Å². The Bertz CT molecular complexity index is 1430. The number of nitrogens with zero attached hydrogens (tertiary/aromatic N) is 1. The van der Waals surface area contributed by atoms with Crippen LogP contribution in [0, 0.1) is 19.8 Å². The maximum absolute atomic E-state index is 14.0. The SMILES string of the molecule is Cc1ccccc1CNC(=O)[C@@H]1[C@@H]2CC[C@@H](C2)N1C(=O)[C@@H](O)[C@H](Cc1ccccc1)NC(=O)c1cccc(O)c1C. The van der Waals surface area contributed by atoms with E-state index in [1.165, 1.54) is 6.07 Å². The molecule has 0 spiro atoms. The maximum Gasteiger partial charge on any atom is 0.254 e. The van der Waals surface area contributed by atoms with Crippen molar-refractivity contribution in [3.63, 3.8) is 0 Å². The fourth-order valence-corrected chi connectivity index (χ4v) is 6.29. The van der Waals surface area contributed by atoms with Gasteiger partial charge in [-0.3, -0.25) is 14.4 Å². The van der Waals surface area contributed by atoms with Crippen molar-refractivity contribution in [3.05, 3.63) is 101 Å². The van der Waals surface area contributed by atoms with E-state index in [-0.39, 0.29) is 35.6 Å². The quantitative estimate of drug-likeness (QED) is 0.323. The maximum atomic E-state index is 14.0. The van der Waals surface area contributed by atoms with E-state index in [0.29, 0.717) is 12.1 Å². The highest BCUT2D eigenvalue weighted by atomic mass is 16.3. The molecule has 214 valence electrons. The average molecular weight is 556 g/mol. The lowest BCUT2D eigenvalue weighted by atomic mass is 9.95. The van der Waals surface area contributed by atoms with Crippen LogP contribution in [0.25, 0.3) is 0 Å². The Hall–Kier alpha value is -4.17. The minimum Gasteiger partial charge on any atom is -0.508 e. The predicted molar refractivity (Wildman–Crippen MR) is 155 cm³/mol. The molecule has 2 fully saturated rings. The van der Waals surface area contributed by atoms with Gasteiger partial charge in [0.15, 0.2) is 6.10 Å². The molecule has 3 aromatic rings. The number of likely N-dealkylation sites (tertiary alicyclic amines) is 1. The molecule has 3 aromatic carbocycles. The first-order valence-electron chi connectivity index (χ1n) is 14.2. The van der Waals surface area contributed by atoms with Crippen LogP contribution in [0.15, 0.2) is 72.8 Å². The molecule has 2 aliphatic rings. The molecular formula is C33H37N3O5. The van der Waals surface area contributed by atoms with Gasteiger partial charge in [0.05, 0.1) is 6.04 Å². The number of aryl methyl sites for hydroxylation is 1. The van der Waals surface area contributed by atoms with Gasteiger partial charge in [-0.05, 0) is 74.3 Å². The van der Waals surface area contributed by atoms with Crippen LogP contribution in [-0.2, 0) is 22.6 Å². The number of fused-ring (bicyclic) bond motifs is 2. The molecule has 41 heavy (non-hydrogen) atoms.